The quantitative estimate of drug-likeness (QED) is 0.0195. The first kappa shape index (κ1) is 80.9. The van der Waals surface area contributed by atoms with Gasteiger partial charge in [0.15, 0.2) is 12.4 Å². The second-order valence-corrected chi connectivity index (χ2v) is 25.7. The largest absolute Gasteiger partial charge is 0.454 e. The third kappa shape index (κ3) is 49.4. The Balaban J connectivity index is 2.52. The monoisotopic (exact) mass is 1200 g/mol. The molecule has 1 amide bonds. The number of rotatable bonds is 64. The number of carbonyl (C=O) groups excluding carboxylic acids is 2. The second kappa shape index (κ2) is 62.1. The smallest absolute Gasteiger partial charge is 0.306 e. The number of allylic oxidation sites excluding steroid dienone is 5. The zero-order valence-corrected chi connectivity index (χ0v) is 55.8. The lowest BCUT2D eigenvalue weighted by Gasteiger charge is -2.41. The molecule has 0 radical (unpaired) electrons. The van der Waals surface area contributed by atoms with Gasteiger partial charge in [-0.25, -0.2) is 0 Å². The average Bonchev–Trinajstić information content (AvgIpc) is 2.90. The third-order valence-corrected chi connectivity index (χ3v) is 17.5. The fraction of sp³-hybridized carbons (Fsp3) is 0.892. The van der Waals surface area contributed by atoms with Crippen LogP contribution < -0.4 is 5.32 Å². The Bertz CT molecular complexity index is 1520. The minimum atomic E-state index is -1.61. The molecule has 1 saturated heterocycles. The minimum Gasteiger partial charge on any atom is -0.454 e. The lowest BCUT2D eigenvalue weighted by molar-refractivity contribution is -0.305. The van der Waals surface area contributed by atoms with Crippen LogP contribution in [0.15, 0.2) is 36.5 Å². The molecule has 1 fully saturated rings. The van der Waals surface area contributed by atoms with Gasteiger partial charge < -0.3 is 45.1 Å². The summed E-state index contributed by atoms with van der Waals surface area (Å²) in [5, 5.41) is 57.2. The highest BCUT2D eigenvalue weighted by atomic mass is 16.7. The number of ether oxygens (including phenoxy) is 3. The van der Waals surface area contributed by atoms with Crippen LogP contribution in [0.1, 0.15) is 361 Å². The van der Waals surface area contributed by atoms with Crippen molar-refractivity contribution in [3.63, 3.8) is 0 Å². The number of hydrogen-bond donors (Lipinski definition) is 6. The van der Waals surface area contributed by atoms with E-state index in [1.165, 1.54) is 257 Å². The molecular weight excluding hydrogens is 1060 g/mol. The molecule has 1 aliphatic rings. The van der Waals surface area contributed by atoms with E-state index >= 15 is 0 Å². The number of unbranched alkanes of at least 4 members (excludes halogenated alkanes) is 46. The average molecular weight is 1200 g/mol. The molecule has 500 valence electrons. The summed E-state index contributed by atoms with van der Waals surface area (Å²) in [4.78, 5) is 26.7. The van der Waals surface area contributed by atoms with Gasteiger partial charge in [0.2, 0.25) is 5.91 Å². The van der Waals surface area contributed by atoms with Gasteiger partial charge in [-0.05, 0) is 77.0 Å². The van der Waals surface area contributed by atoms with Crippen molar-refractivity contribution in [1.29, 1.82) is 0 Å². The molecule has 11 nitrogen and oxygen atoms in total. The fourth-order valence-electron chi connectivity index (χ4n) is 11.7. The summed E-state index contributed by atoms with van der Waals surface area (Å²) in [6, 6.07) is -1.02. The summed E-state index contributed by atoms with van der Waals surface area (Å²) >= 11 is 0. The van der Waals surface area contributed by atoms with E-state index in [0.717, 1.165) is 57.8 Å². The number of esters is 1. The van der Waals surface area contributed by atoms with Crippen molar-refractivity contribution in [3.8, 4) is 0 Å². The van der Waals surface area contributed by atoms with Gasteiger partial charge in [0, 0.05) is 6.42 Å². The van der Waals surface area contributed by atoms with E-state index in [-0.39, 0.29) is 13.0 Å². The van der Waals surface area contributed by atoms with Crippen LogP contribution in [0.4, 0.5) is 0 Å². The Labute approximate surface area is 523 Å². The van der Waals surface area contributed by atoms with E-state index < -0.39 is 67.4 Å². The molecule has 85 heavy (non-hydrogen) atoms. The summed E-state index contributed by atoms with van der Waals surface area (Å²) in [6.45, 7) is 5.83. The third-order valence-electron chi connectivity index (χ3n) is 17.5. The molecular formula is C74H139NO10. The first-order valence-electron chi connectivity index (χ1n) is 36.8. The number of carbonyl (C=O) groups is 2. The zero-order valence-electron chi connectivity index (χ0n) is 55.8. The molecule has 1 aliphatic heterocycles. The lowest BCUT2D eigenvalue weighted by atomic mass is 9.99. The summed E-state index contributed by atoms with van der Waals surface area (Å²) < 4.78 is 17.7. The van der Waals surface area contributed by atoms with Crippen LogP contribution in [0.3, 0.4) is 0 Å². The second-order valence-electron chi connectivity index (χ2n) is 25.7. The van der Waals surface area contributed by atoms with Gasteiger partial charge in [0.05, 0.1) is 25.4 Å². The Morgan fingerprint density at radius 3 is 1.14 bits per heavy atom. The number of nitrogens with one attached hydrogen (secondary N) is 1. The maximum absolute atomic E-state index is 13.5. The summed E-state index contributed by atoms with van der Waals surface area (Å²) in [5.74, 6) is -1.18. The summed E-state index contributed by atoms with van der Waals surface area (Å²) in [7, 11) is 0. The maximum Gasteiger partial charge on any atom is 0.306 e. The van der Waals surface area contributed by atoms with Gasteiger partial charge in [-0.15, -0.1) is 0 Å². The predicted molar refractivity (Wildman–Crippen MR) is 357 cm³/mol. The number of hydrogen-bond acceptors (Lipinski definition) is 10. The van der Waals surface area contributed by atoms with Crippen LogP contribution in [-0.2, 0) is 23.8 Å². The van der Waals surface area contributed by atoms with Crippen molar-refractivity contribution >= 4 is 11.9 Å². The fourth-order valence-corrected chi connectivity index (χ4v) is 11.7. The van der Waals surface area contributed by atoms with Crippen LogP contribution in [0.2, 0.25) is 0 Å². The van der Waals surface area contributed by atoms with E-state index in [9.17, 15) is 35.1 Å². The van der Waals surface area contributed by atoms with Crippen LogP contribution in [0.25, 0.3) is 0 Å². The summed E-state index contributed by atoms with van der Waals surface area (Å²) in [6.07, 6.45) is 66.2. The molecule has 0 saturated carbocycles. The molecule has 0 bridgehead atoms. The highest BCUT2D eigenvalue weighted by Gasteiger charge is 2.47. The highest BCUT2D eigenvalue weighted by Crippen LogP contribution is 2.26. The molecule has 1 rings (SSSR count). The van der Waals surface area contributed by atoms with Gasteiger partial charge in [0.1, 0.15) is 24.4 Å². The van der Waals surface area contributed by atoms with E-state index in [2.05, 4.69) is 50.4 Å². The van der Waals surface area contributed by atoms with E-state index in [1.807, 2.05) is 6.08 Å². The number of aliphatic hydroxyl groups is 5. The molecule has 8 atom stereocenters. The van der Waals surface area contributed by atoms with Crippen molar-refractivity contribution in [1.82, 2.24) is 5.32 Å². The Morgan fingerprint density at radius 1 is 0.447 bits per heavy atom. The molecule has 1 heterocycles. The molecule has 0 aromatic carbocycles. The van der Waals surface area contributed by atoms with Crippen LogP contribution in [0.5, 0.6) is 0 Å². The SMILES string of the molecule is CCCCCCCC/C=C/CCCCCCCCCCCCCCCCCC(=O)OC1C(OCC(NC(=O)C(O)CCCCCCCCCCCC/C=C/CCCCCCCC)C(O)/C=C/CCCCCCCCCCC)OC(CO)C(O)C1O. The highest BCUT2D eigenvalue weighted by molar-refractivity contribution is 5.80. The first-order valence-corrected chi connectivity index (χ1v) is 36.8. The van der Waals surface area contributed by atoms with E-state index in [1.54, 1.807) is 6.08 Å². The molecule has 0 aromatic rings. The normalized spacial score (nSPS) is 18.5. The molecule has 6 N–H and O–H groups in total. The van der Waals surface area contributed by atoms with Crippen molar-refractivity contribution < 1.29 is 49.3 Å². The van der Waals surface area contributed by atoms with Gasteiger partial charge in [-0.3, -0.25) is 9.59 Å². The van der Waals surface area contributed by atoms with Gasteiger partial charge in [-0.1, -0.05) is 314 Å². The lowest BCUT2D eigenvalue weighted by Crippen LogP contribution is -2.61. The predicted octanol–water partition coefficient (Wildman–Crippen LogP) is 19.0. The van der Waals surface area contributed by atoms with Crippen LogP contribution in [0, 0.1) is 0 Å². The van der Waals surface area contributed by atoms with Crippen molar-refractivity contribution in [2.75, 3.05) is 13.2 Å². The van der Waals surface area contributed by atoms with Gasteiger partial charge >= 0.3 is 5.97 Å². The molecule has 0 aromatic heterocycles. The molecule has 8 unspecified atom stereocenters. The van der Waals surface area contributed by atoms with Crippen molar-refractivity contribution in [3.05, 3.63) is 36.5 Å². The zero-order chi connectivity index (χ0) is 61.7. The minimum absolute atomic E-state index is 0.128. The van der Waals surface area contributed by atoms with Crippen molar-refractivity contribution in [2.24, 2.45) is 0 Å². The summed E-state index contributed by atoms with van der Waals surface area (Å²) in [5.41, 5.74) is 0. The van der Waals surface area contributed by atoms with Crippen molar-refractivity contribution in [2.45, 2.75) is 410 Å². The van der Waals surface area contributed by atoms with Gasteiger partial charge in [-0.2, -0.15) is 0 Å². The Kier molecular flexibility index (Phi) is 59.1. The molecule has 11 heteroatoms. The molecule has 0 spiro atoms. The topological polar surface area (TPSA) is 175 Å². The maximum atomic E-state index is 13.5. The van der Waals surface area contributed by atoms with Crippen LogP contribution in [-0.4, -0.2) is 99.6 Å². The van der Waals surface area contributed by atoms with E-state index in [4.69, 9.17) is 14.2 Å². The Hall–Kier alpha value is -2.12. The first-order chi connectivity index (χ1) is 41.7. The Morgan fingerprint density at radius 2 is 0.776 bits per heavy atom. The van der Waals surface area contributed by atoms with E-state index in [0.29, 0.717) is 19.3 Å². The number of amides is 1. The standard InChI is InChI=1S/C74H139NO10/c1-4-7-10-13-16-19-22-24-26-28-30-32-33-34-35-36-38-40-42-44-47-50-53-56-59-62-69(79)85-72-71(81)70(80)68(63-76)84-74(72)83-64-65(66(77)60-57-54-51-48-45-21-18-15-12-9-6-3)75-73(82)67(78)61-58-55-52-49-46-43-41-39-37-31-29-27-25-23-20-17-14-11-8-5-2/h24-27,57,60,65-68,70-72,74,76-78,80-81H,4-23,28-56,58-59,61-64H2,1-3H3,(H,75,82)/b26-24+,27-25+,60-57+. The number of aliphatic hydroxyl groups excluding tert-OH is 5. The molecule has 0 aliphatic carbocycles. The van der Waals surface area contributed by atoms with Crippen LogP contribution >= 0.6 is 0 Å². The van der Waals surface area contributed by atoms with Gasteiger partial charge in [0.25, 0.3) is 0 Å².